The van der Waals surface area contributed by atoms with Crippen LogP contribution in [-0.4, -0.2) is 207 Å². The minimum Gasteiger partial charge on any atom is -0.508 e. The summed E-state index contributed by atoms with van der Waals surface area (Å²) >= 11 is 7.18. The van der Waals surface area contributed by atoms with E-state index in [1.165, 1.54) is 68.6 Å². The Morgan fingerprint density at radius 1 is 0.627 bits per heavy atom. The van der Waals surface area contributed by atoms with Gasteiger partial charge in [0.25, 0.3) is 0 Å². The molecule has 15 bridgehead atoms. The van der Waals surface area contributed by atoms with Crippen molar-refractivity contribution in [2.45, 2.75) is 157 Å². The smallest absolute Gasteiger partial charge is 0.325 e. The molecule has 0 unspecified atom stereocenters. The molecule has 16 rings (SSSR count). The van der Waals surface area contributed by atoms with Gasteiger partial charge in [-0.2, -0.15) is 0 Å². The molecular weight excluding hydrogens is 1560 g/mol. The molecule has 10 amide bonds. The average Bonchev–Trinajstić information content (AvgIpc) is 0.748. The molecule has 10 aliphatic rings. The number of aryl methyl sites for hydroxylation is 1. The molecule has 6 aromatic rings. The van der Waals surface area contributed by atoms with Crippen molar-refractivity contribution in [3.8, 4) is 62.9 Å². The molecule has 0 spiro atoms. The van der Waals surface area contributed by atoms with Crippen LogP contribution in [0.1, 0.15) is 123 Å². The van der Waals surface area contributed by atoms with Gasteiger partial charge in [0.2, 0.25) is 59.3 Å². The number of urea groups is 1. The largest absolute Gasteiger partial charge is 0.508 e. The fraction of sp³-hybridized carbons (Fsp3) is 0.451. The van der Waals surface area contributed by atoms with E-state index in [-0.39, 0.29) is 105 Å². The first-order chi connectivity index (χ1) is 56.4. The van der Waals surface area contributed by atoms with Gasteiger partial charge in [0, 0.05) is 35.5 Å². The Morgan fingerprint density at radius 3 is 1.94 bits per heavy atom. The van der Waals surface area contributed by atoms with Gasteiger partial charge in [-0.05, 0) is 201 Å². The first-order valence-corrected chi connectivity index (χ1v) is 39.3. The number of aliphatic hydroxyl groups excluding tert-OH is 6. The fourth-order valence-electron chi connectivity index (χ4n) is 16.8. The van der Waals surface area contributed by atoms with E-state index in [0.29, 0.717) is 30.7 Å². The van der Waals surface area contributed by atoms with E-state index in [1.807, 2.05) is 13.8 Å². The number of hydrogen-bond acceptors (Lipinski definition) is 26. The number of halogens is 1. The zero-order valence-corrected chi connectivity index (χ0v) is 65.6. The summed E-state index contributed by atoms with van der Waals surface area (Å²) in [6.45, 7) is 5.74. The van der Waals surface area contributed by atoms with Crippen molar-refractivity contribution < 1.29 is 118 Å². The zero-order chi connectivity index (χ0) is 84.2. The van der Waals surface area contributed by atoms with Crippen molar-refractivity contribution in [1.29, 1.82) is 0 Å². The monoisotopic (exact) mass is 1650 g/mol. The van der Waals surface area contributed by atoms with E-state index in [0.717, 1.165) is 80.6 Å². The molecule has 35 nitrogen and oxygen atoms in total. The Kier molecular flexibility index (Phi) is 26.3. The minimum atomic E-state index is -2.37. The number of phenols is 3. The molecule has 6 aromatic carbocycles. The second-order valence-corrected chi connectivity index (χ2v) is 31.7. The number of benzene rings is 6. The van der Waals surface area contributed by atoms with Crippen molar-refractivity contribution in [2.24, 2.45) is 29.6 Å². The first kappa shape index (κ1) is 84.9. The number of carbonyl (C=O) groups excluding carboxylic acids is 9. The third kappa shape index (κ3) is 18.8. The van der Waals surface area contributed by atoms with Gasteiger partial charge in [-0.25, -0.2) is 4.79 Å². The highest BCUT2D eigenvalue weighted by Crippen LogP contribution is 2.55. The maximum Gasteiger partial charge on any atom is 0.325 e. The first-order valence-electron chi connectivity index (χ1n) is 39.0. The van der Waals surface area contributed by atoms with Gasteiger partial charge in [-0.1, -0.05) is 43.6 Å². The van der Waals surface area contributed by atoms with Crippen molar-refractivity contribution in [2.75, 3.05) is 52.4 Å². The highest BCUT2D eigenvalue weighted by atomic mass is 35.5. The summed E-state index contributed by atoms with van der Waals surface area (Å²) in [5.74, 6) is -12.6. The van der Waals surface area contributed by atoms with Crippen LogP contribution >= 0.6 is 11.6 Å². The van der Waals surface area contributed by atoms with E-state index in [1.54, 1.807) is 7.05 Å². The highest BCUT2D eigenvalue weighted by Gasteiger charge is 2.51. The van der Waals surface area contributed by atoms with Gasteiger partial charge in [-0.15, -0.1) is 0 Å². The quantitative estimate of drug-likeness (QED) is 0.0489. The van der Waals surface area contributed by atoms with Crippen LogP contribution in [0.15, 0.2) is 103 Å². The molecule has 1 saturated heterocycles. The van der Waals surface area contributed by atoms with E-state index in [4.69, 9.17) is 40.0 Å². The lowest BCUT2D eigenvalue weighted by atomic mass is 9.54. The van der Waals surface area contributed by atoms with E-state index < -0.39 is 192 Å². The van der Waals surface area contributed by atoms with Gasteiger partial charge in [0.1, 0.15) is 114 Å². The molecule has 0 aromatic heterocycles. The number of amides is 10. The Bertz CT molecular complexity index is 4780. The lowest BCUT2D eigenvalue weighted by Crippen LogP contribution is -2.60. The highest BCUT2D eigenvalue weighted by molar-refractivity contribution is 6.32. The number of likely N-dealkylation sites (N-methyl/N-ethyl adjacent to an activating group) is 2. The number of aromatic hydroxyl groups is 3. The normalized spacial score (nSPS) is 27.4. The number of aliphatic hydroxyl groups is 6. The number of carbonyl (C=O) groups is 9. The van der Waals surface area contributed by atoms with Gasteiger partial charge in [0.15, 0.2) is 11.5 Å². The van der Waals surface area contributed by atoms with Gasteiger partial charge in [0.05, 0.1) is 37.3 Å². The number of ether oxygens (including phenoxy) is 6. The average molecular weight is 1660 g/mol. The van der Waals surface area contributed by atoms with Gasteiger partial charge in [-0.3, -0.25) is 43.7 Å². The molecule has 630 valence electrons. The van der Waals surface area contributed by atoms with E-state index in [9.17, 15) is 60.3 Å². The molecule has 4 saturated carbocycles. The van der Waals surface area contributed by atoms with Crippen LogP contribution < -0.4 is 77.4 Å². The second-order valence-electron chi connectivity index (χ2n) is 31.3. The third-order valence-corrected chi connectivity index (χ3v) is 22.8. The zero-order valence-electron chi connectivity index (χ0n) is 64.9. The maximum absolute atomic E-state index is 16.4. The molecule has 36 heteroatoms. The van der Waals surface area contributed by atoms with Crippen molar-refractivity contribution >= 4 is 70.6 Å². The van der Waals surface area contributed by atoms with Gasteiger partial charge < -0.3 is 128 Å². The number of anilines is 1. The Morgan fingerprint density at radius 2 is 1.28 bits per heavy atom. The number of fused-ring (bicyclic) bond motifs is 15. The lowest BCUT2D eigenvalue weighted by Gasteiger charge is -2.54. The molecule has 20 N–H and O–H groups in total. The Labute approximate surface area is 681 Å². The SMILES string of the molecule is CNCCOCCOc1ccc(NC(=O)NC(=O)C[C@@H]2NC(=O)[C@H](NC(=O)[C@@H](CC(C)C)NC)[C@H](O)c3ccc(c(C)c3)Oc3cc4cc(c3O[C@@H]3O[C@H](CO)[C@@H](O)[C@H](O)[C@H]3O)Oc3ccc(cc3Cl)[C@@H](O)[C@@H]3NC(=O)[C@H](NC(=O)[C@@H]4NC2=O)c2ccc(O)c(c2)-c2c(O)cc(O)cc2[C@@H](C(=O)NC2C4CC5CC(C4)CC2C5)NC3=O)cc1. The summed E-state index contributed by atoms with van der Waals surface area (Å²) in [4.78, 5) is 138. The third-order valence-electron chi connectivity index (χ3n) is 22.5. The predicted molar refractivity (Wildman–Crippen MR) is 419 cm³/mol. The maximum atomic E-state index is 16.4. The van der Waals surface area contributed by atoms with Crippen molar-refractivity contribution in [3.63, 3.8) is 0 Å². The van der Waals surface area contributed by atoms with Crippen LogP contribution in [0.25, 0.3) is 11.1 Å². The van der Waals surface area contributed by atoms with Crippen LogP contribution in [-0.2, 0) is 47.8 Å². The molecule has 0 radical (unpaired) electrons. The van der Waals surface area contributed by atoms with Crippen LogP contribution in [0.2, 0.25) is 5.02 Å². The summed E-state index contributed by atoms with van der Waals surface area (Å²) in [5, 5.41) is 134. The van der Waals surface area contributed by atoms with E-state index >= 15 is 28.8 Å². The Balaban J connectivity index is 0.967. The van der Waals surface area contributed by atoms with Crippen LogP contribution in [0.3, 0.4) is 0 Å². The summed E-state index contributed by atoms with van der Waals surface area (Å²) in [6, 6.07) is 5.40. The molecule has 5 fully saturated rings. The molecule has 6 aliphatic heterocycles. The summed E-state index contributed by atoms with van der Waals surface area (Å²) < 4.78 is 36.9. The van der Waals surface area contributed by atoms with Crippen LogP contribution in [0.5, 0.6) is 51.7 Å². The topological polar surface area (TPSA) is 523 Å². The molecular formula is C82H96ClN11O24. The van der Waals surface area contributed by atoms with E-state index in [2.05, 4.69) is 58.5 Å². The second kappa shape index (κ2) is 36.5. The molecule has 14 atom stereocenters. The van der Waals surface area contributed by atoms with Crippen molar-refractivity contribution in [1.82, 2.24) is 53.2 Å². The number of rotatable bonds is 20. The van der Waals surface area contributed by atoms with Crippen LogP contribution in [0, 0.1) is 36.5 Å². The molecule has 6 heterocycles. The standard InChI is InChI=1S/C82H96ClN11O24/c1-35(2)20-51(85-5)74(105)93-66-68(100)40-7-14-55(36(3)21-40)115-57-29-44-30-58(73(57)118-81-72(104)71(103)70(102)59(34-95)117-81)116-56-15-8-41(28-50(56)83)69(101)67-80(111)92-65(78(109)89-62-42-23-37-22-38(25-42)26-43(62)24-37)49-31-46(96)32-54(98)61(49)48-27-39(6-13-53(48)97)63(76(107)94-67)91-77(108)64(44)90-75(106)52(87-79(66)110)33-60(99)88-82(112)86-45-9-11-47(12-10-45)114-19-18-113-17-16-84-4/h6-15,21,27-32,35,37-38,42-43,51-52,59,62-72,81,84-85,95-98,100-104H,16-20,22-26,33-34H2,1-5H3,(H,87,110)(H,89,109)(H,90,106)(H,91,108)(H,92,111)(H,93,105)(H,94,107)(H2,86,88,99,112)/t37?,38?,42?,43?,51-,52+,59-,62?,63-,64-,65+,66-,67+,68-,69-,70-,71+,72-,81+/m1/s1. The minimum absolute atomic E-state index is 0.0574. The van der Waals surface area contributed by atoms with Crippen molar-refractivity contribution in [3.05, 3.63) is 142 Å². The summed E-state index contributed by atoms with van der Waals surface area (Å²) in [5.41, 5.74) is -1.72. The number of phenolic OH excluding ortho intramolecular Hbond substituents is 3. The van der Waals surface area contributed by atoms with Gasteiger partial charge >= 0.3 is 6.03 Å². The molecule has 118 heavy (non-hydrogen) atoms. The molecule has 4 aliphatic carbocycles. The number of imide groups is 1. The van der Waals surface area contributed by atoms with Crippen LogP contribution in [0.4, 0.5) is 10.5 Å². The number of hydrogen-bond donors (Lipinski definition) is 20. The number of nitrogens with one attached hydrogen (secondary N) is 11. The summed E-state index contributed by atoms with van der Waals surface area (Å²) in [7, 11) is 3.27. The Hall–Kier alpha value is -11.0. The fourth-order valence-corrected chi connectivity index (χ4v) is 17.0. The lowest BCUT2D eigenvalue weighted by molar-refractivity contribution is -0.277. The predicted octanol–water partition coefficient (Wildman–Crippen LogP) is 2.86. The summed E-state index contributed by atoms with van der Waals surface area (Å²) in [6.07, 6.45) is -10.6.